The maximum atomic E-state index is 13.8. The van der Waals surface area contributed by atoms with E-state index in [1.807, 2.05) is 11.8 Å². The van der Waals surface area contributed by atoms with Crippen molar-refractivity contribution in [3.8, 4) is 0 Å². The Morgan fingerprint density at radius 1 is 0.527 bits per heavy atom. The first-order valence-electron chi connectivity index (χ1n) is 23.7. The summed E-state index contributed by atoms with van der Waals surface area (Å²) >= 11 is 1.98. The molecule has 0 aromatic heterocycles. The average molecular weight is 796 g/mol. The molecule has 8 heteroatoms. The normalized spacial score (nSPS) is 16.3. The Labute approximate surface area is 344 Å². The van der Waals surface area contributed by atoms with Crippen LogP contribution in [-0.2, 0) is 28.6 Å². The summed E-state index contributed by atoms with van der Waals surface area (Å²) in [6.07, 6.45) is 30.6. The van der Waals surface area contributed by atoms with Gasteiger partial charge in [-0.2, -0.15) is 11.8 Å². The zero-order chi connectivity index (χ0) is 40.4. The van der Waals surface area contributed by atoms with Crippen LogP contribution in [0.5, 0.6) is 0 Å². The number of piperidine rings is 1. The molecule has 0 spiro atoms. The lowest BCUT2D eigenvalue weighted by Crippen LogP contribution is -2.44. The van der Waals surface area contributed by atoms with E-state index >= 15 is 0 Å². The highest BCUT2D eigenvalue weighted by Gasteiger charge is 2.35. The SMILES string of the molecule is CCCCCCCSC1CN(C)CCC1C(=O)OC(CCCCCCC(=O)OC(CCCC)CCCC)CCCCCCC(=O)OC(CCCC)CCCC. The molecular formula is C47H89NO6S. The van der Waals surface area contributed by atoms with E-state index in [9.17, 15) is 14.4 Å². The molecule has 0 saturated carbocycles. The molecule has 0 amide bonds. The molecule has 7 nitrogen and oxygen atoms in total. The number of hydrogen-bond acceptors (Lipinski definition) is 8. The van der Waals surface area contributed by atoms with E-state index < -0.39 is 0 Å². The minimum absolute atomic E-state index is 0.00785. The number of carbonyl (C=O) groups is 3. The highest BCUT2D eigenvalue weighted by Crippen LogP contribution is 2.31. The monoisotopic (exact) mass is 796 g/mol. The predicted molar refractivity (Wildman–Crippen MR) is 234 cm³/mol. The summed E-state index contributed by atoms with van der Waals surface area (Å²) in [4.78, 5) is 41.4. The van der Waals surface area contributed by atoms with Gasteiger partial charge in [-0.3, -0.25) is 14.4 Å². The first kappa shape index (κ1) is 51.7. The molecule has 1 aliphatic rings. The van der Waals surface area contributed by atoms with E-state index in [4.69, 9.17) is 14.2 Å². The van der Waals surface area contributed by atoms with E-state index in [-0.39, 0.29) is 42.1 Å². The van der Waals surface area contributed by atoms with Gasteiger partial charge in [0.2, 0.25) is 0 Å². The number of esters is 3. The smallest absolute Gasteiger partial charge is 0.310 e. The highest BCUT2D eigenvalue weighted by molar-refractivity contribution is 7.99. The molecule has 55 heavy (non-hydrogen) atoms. The van der Waals surface area contributed by atoms with Crippen molar-refractivity contribution >= 4 is 29.7 Å². The Morgan fingerprint density at radius 2 is 0.927 bits per heavy atom. The molecule has 324 valence electrons. The number of rotatable bonds is 37. The third kappa shape index (κ3) is 27.9. The molecule has 0 bridgehead atoms. The van der Waals surface area contributed by atoms with Crippen LogP contribution in [0.3, 0.4) is 0 Å². The molecule has 2 atom stereocenters. The van der Waals surface area contributed by atoms with E-state index in [0.717, 1.165) is 167 Å². The summed E-state index contributed by atoms with van der Waals surface area (Å²) in [6, 6.07) is 0. The van der Waals surface area contributed by atoms with E-state index in [0.29, 0.717) is 18.1 Å². The van der Waals surface area contributed by atoms with Gasteiger partial charge < -0.3 is 19.1 Å². The molecule has 1 heterocycles. The van der Waals surface area contributed by atoms with Crippen LogP contribution in [0.1, 0.15) is 227 Å². The minimum atomic E-state index is -0.0717. The molecule has 1 fully saturated rings. The van der Waals surface area contributed by atoms with Gasteiger partial charge in [0.1, 0.15) is 18.3 Å². The van der Waals surface area contributed by atoms with Crippen molar-refractivity contribution in [2.45, 2.75) is 251 Å². The molecule has 1 saturated heterocycles. The quantitative estimate of drug-likeness (QED) is 0.0349. The van der Waals surface area contributed by atoms with Gasteiger partial charge in [0, 0.05) is 24.6 Å². The standard InChI is InChI=1S/C47H89NO6S/c1-7-12-17-22-27-38-55-44-39-48(6)37-36-43(44)47(51)54-42(32-23-18-20-25-34-45(49)52-40(28-13-8-2)29-14-9-3)33-24-19-21-26-35-46(50)53-41(30-15-10-4)31-16-11-5/h40-44H,7-39H2,1-6H3. The predicted octanol–water partition coefficient (Wildman–Crippen LogP) is 13.2. The van der Waals surface area contributed by atoms with Crippen molar-refractivity contribution in [1.29, 1.82) is 0 Å². The number of likely N-dealkylation sites (tertiary alicyclic amines) is 1. The molecule has 0 radical (unpaired) electrons. The summed E-state index contributed by atoms with van der Waals surface area (Å²) in [5, 5.41) is 0.296. The van der Waals surface area contributed by atoms with Crippen LogP contribution >= 0.6 is 11.8 Å². The third-order valence-corrected chi connectivity index (χ3v) is 12.8. The van der Waals surface area contributed by atoms with Gasteiger partial charge in [-0.1, -0.05) is 137 Å². The number of unbranched alkanes of at least 4 members (excludes halogenated alkanes) is 14. The Morgan fingerprint density at radius 3 is 1.40 bits per heavy atom. The summed E-state index contributed by atoms with van der Waals surface area (Å²) in [7, 11) is 2.17. The van der Waals surface area contributed by atoms with Crippen LogP contribution in [0, 0.1) is 5.92 Å². The van der Waals surface area contributed by atoms with Crippen LogP contribution in [-0.4, -0.2) is 72.3 Å². The van der Waals surface area contributed by atoms with E-state index in [2.05, 4.69) is 46.6 Å². The Bertz CT molecular complexity index is 871. The molecule has 0 N–H and O–H groups in total. The van der Waals surface area contributed by atoms with Crippen LogP contribution in [0.25, 0.3) is 0 Å². The van der Waals surface area contributed by atoms with Crippen molar-refractivity contribution in [3.63, 3.8) is 0 Å². The van der Waals surface area contributed by atoms with Crippen LogP contribution in [0.2, 0.25) is 0 Å². The molecule has 1 aliphatic heterocycles. The van der Waals surface area contributed by atoms with Gasteiger partial charge in [-0.05, 0) is 96.4 Å². The van der Waals surface area contributed by atoms with Crippen molar-refractivity contribution in [2.24, 2.45) is 5.92 Å². The van der Waals surface area contributed by atoms with E-state index in [1.54, 1.807) is 0 Å². The van der Waals surface area contributed by atoms with Crippen molar-refractivity contribution < 1.29 is 28.6 Å². The van der Waals surface area contributed by atoms with Crippen LogP contribution in [0.15, 0.2) is 0 Å². The lowest BCUT2D eigenvalue weighted by molar-refractivity contribution is -0.156. The maximum absolute atomic E-state index is 13.8. The molecule has 0 aromatic carbocycles. The third-order valence-electron chi connectivity index (χ3n) is 11.4. The number of ether oxygens (including phenoxy) is 3. The molecule has 2 unspecified atom stereocenters. The topological polar surface area (TPSA) is 82.1 Å². The summed E-state index contributed by atoms with van der Waals surface area (Å²) in [6.45, 7) is 12.9. The maximum Gasteiger partial charge on any atom is 0.310 e. The van der Waals surface area contributed by atoms with Crippen molar-refractivity contribution in [1.82, 2.24) is 4.90 Å². The van der Waals surface area contributed by atoms with Crippen molar-refractivity contribution in [3.05, 3.63) is 0 Å². The van der Waals surface area contributed by atoms with Crippen molar-refractivity contribution in [2.75, 3.05) is 25.9 Å². The zero-order valence-electron chi connectivity index (χ0n) is 37.0. The fourth-order valence-electron chi connectivity index (χ4n) is 7.69. The average Bonchev–Trinajstić information content (AvgIpc) is 3.17. The Hall–Kier alpha value is -1.28. The number of thioether (sulfide) groups is 1. The van der Waals surface area contributed by atoms with Gasteiger partial charge in [-0.15, -0.1) is 0 Å². The van der Waals surface area contributed by atoms with Crippen LogP contribution < -0.4 is 0 Å². The highest BCUT2D eigenvalue weighted by atomic mass is 32.2. The Kier molecular flexibility index (Phi) is 33.7. The summed E-state index contributed by atoms with van der Waals surface area (Å²) < 4.78 is 18.1. The van der Waals surface area contributed by atoms with Gasteiger partial charge in [0.15, 0.2) is 0 Å². The summed E-state index contributed by atoms with van der Waals surface area (Å²) in [5.74, 6) is 1.00. The van der Waals surface area contributed by atoms with Gasteiger partial charge in [0.05, 0.1) is 5.92 Å². The fourth-order valence-corrected chi connectivity index (χ4v) is 9.21. The fraction of sp³-hybridized carbons (Fsp3) is 0.936. The number of nitrogens with zero attached hydrogens (tertiary/aromatic N) is 1. The number of hydrogen-bond donors (Lipinski definition) is 0. The van der Waals surface area contributed by atoms with Crippen LogP contribution in [0.4, 0.5) is 0 Å². The lowest BCUT2D eigenvalue weighted by atomic mass is 9.96. The molecular weight excluding hydrogens is 707 g/mol. The largest absolute Gasteiger partial charge is 0.462 e. The number of carbonyl (C=O) groups excluding carboxylic acids is 3. The lowest BCUT2D eigenvalue weighted by Gasteiger charge is -2.36. The Balaban J connectivity index is 2.65. The first-order chi connectivity index (χ1) is 26.8. The van der Waals surface area contributed by atoms with Gasteiger partial charge in [0.25, 0.3) is 0 Å². The van der Waals surface area contributed by atoms with Gasteiger partial charge >= 0.3 is 17.9 Å². The molecule has 0 aromatic rings. The van der Waals surface area contributed by atoms with Gasteiger partial charge in [-0.25, -0.2) is 0 Å². The summed E-state index contributed by atoms with van der Waals surface area (Å²) in [5.41, 5.74) is 0. The molecule has 0 aliphatic carbocycles. The second-order valence-corrected chi connectivity index (χ2v) is 18.1. The minimum Gasteiger partial charge on any atom is -0.462 e. The zero-order valence-corrected chi connectivity index (χ0v) is 37.8. The second-order valence-electron chi connectivity index (χ2n) is 16.7. The second kappa shape index (κ2) is 35.8. The molecule has 1 rings (SSSR count). The van der Waals surface area contributed by atoms with E-state index in [1.165, 1.54) is 32.1 Å². The first-order valence-corrected chi connectivity index (χ1v) is 24.7.